The molecule has 490 valence electrons. The Morgan fingerprint density at radius 3 is 1.54 bits per heavy atom. The van der Waals surface area contributed by atoms with Crippen molar-refractivity contribution in [3.8, 4) is 28.9 Å². The Bertz CT molecular complexity index is 5690. The van der Waals surface area contributed by atoms with Crippen molar-refractivity contribution >= 4 is 166 Å². The summed E-state index contributed by atoms with van der Waals surface area (Å²) in [6.07, 6.45) is 0. The van der Waals surface area contributed by atoms with Crippen LogP contribution in [-0.4, -0.2) is 140 Å². The minimum atomic E-state index is -5.74. The predicted molar refractivity (Wildman–Crippen MR) is 302 cm³/mol. The number of hydrogen-bond donors (Lipinski definition) is 11. The van der Waals surface area contributed by atoms with Gasteiger partial charge in [-0.1, -0.05) is 6.07 Å². The van der Waals surface area contributed by atoms with Gasteiger partial charge < -0.3 is 25.8 Å². The molecule has 0 aliphatic carbocycles. The van der Waals surface area contributed by atoms with Gasteiger partial charge >= 0.3 is 10.6 Å². The second-order valence-corrected chi connectivity index (χ2v) is 27.5. The van der Waals surface area contributed by atoms with Gasteiger partial charge in [0.1, 0.15) is 63.5 Å². The summed E-state index contributed by atoms with van der Waals surface area (Å²) in [4.78, 5) is 13.0. The number of nitro benzene ring substituents is 1. The molecule has 12 N–H and O–H groups in total. The van der Waals surface area contributed by atoms with E-state index in [-0.39, 0.29) is 17.2 Å². The third kappa shape index (κ3) is 15.4. The van der Waals surface area contributed by atoms with Crippen LogP contribution in [0, 0.1) is 10.1 Å². The Kier molecular flexibility index (Phi) is 19.2. The molecular formula is C42H28N12O31S8. The van der Waals surface area contributed by atoms with E-state index in [1.807, 2.05) is 0 Å². The van der Waals surface area contributed by atoms with Gasteiger partial charge in [0.15, 0.2) is 11.5 Å². The van der Waals surface area contributed by atoms with Gasteiger partial charge in [-0.25, -0.2) is 0 Å². The molecule has 7 aromatic carbocycles. The van der Waals surface area contributed by atoms with Crippen LogP contribution in [0.1, 0.15) is 0 Å². The average Bonchev–Trinajstić information content (AvgIpc) is 0.835. The number of hydrogen-bond acceptors (Lipinski definition) is 34. The molecule has 0 unspecified atom stereocenters. The molecule has 93 heavy (non-hydrogen) atoms. The van der Waals surface area contributed by atoms with Gasteiger partial charge in [-0.05, 0) is 72.8 Å². The van der Waals surface area contributed by atoms with Crippen LogP contribution in [0.5, 0.6) is 23.3 Å². The molecule has 1 aromatic heterocycles. The van der Waals surface area contributed by atoms with Crippen molar-refractivity contribution in [3.05, 3.63) is 101 Å². The first-order chi connectivity index (χ1) is 42.7. The first-order valence-corrected chi connectivity index (χ1v) is 34.0. The topological polar surface area (TPSA) is 705 Å². The van der Waals surface area contributed by atoms with E-state index in [0.717, 1.165) is 36.4 Å². The van der Waals surface area contributed by atoms with Gasteiger partial charge in [-0.2, -0.15) is 68.7 Å². The largest absolute Gasteiger partial charge is 0.505 e. The van der Waals surface area contributed by atoms with Crippen molar-refractivity contribution in [1.29, 1.82) is 0 Å². The molecule has 0 radical (unpaired) electrons. The molecule has 0 fully saturated rings. The van der Waals surface area contributed by atoms with Gasteiger partial charge in [-0.3, -0.25) is 46.8 Å². The molecule has 8 aromatic rings. The normalized spacial score (nSPS) is 12.9. The predicted octanol–water partition coefficient (Wildman–Crippen LogP) is 5.71. The number of nitrogen functional groups attached to an aromatic ring is 1. The van der Waals surface area contributed by atoms with Gasteiger partial charge in [0, 0.05) is 28.3 Å². The molecule has 0 bridgehead atoms. The number of benzene rings is 7. The number of nitrogens with zero attached hydrogens (tertiary/aromatic N) is 11. The number of azo groups is 4. The lowest BCUT2D eigenvalue weighted by Gasteiger charge is -2.13. The number of carbonyl (C=O) groups is 1. The summed E-state index contributed by atoms with van der Waals surface area (Å²) < 4.78 is 275. The fraction of sp³-hybridized carbons (Fsp3) is 0. The van der Waals surface area contributed by atoms with Crippen LogP contribution in [-0.2, 0) is 86.2 Å². The highest BCUT2D eigenvalue weighted by molar-refractivity contribution is 7.87. The highest BCUT2D eigenvalue weighted by atomic mass is 32.2. The third-order valence-electron chi connectivity index (χ3n) is 11.6. The molecule has 0 amide bonds. The Hall–Kier alpha value is -10.3. The maximum absolute atomic E-state index is 13.1. The zero-order valence-electron chi connectivity index (χ0n) is 44.0. The smallest absolute Gasteiger partial charge is 0.425 e. The van der Waals surface area contributed by atoms with E-state index in [9.17, 15) is 121 Å². The molecule has 0 aliphatic heterocycles. The quantitative estimate of drug-likeness (QED) is 0.0115. The third-order valence-corrected chi connectivity index (χ3v) is 17.8. The van der Waals surface area contributed by atoms with Crippen molar-refractivity contribution in [2.24, 2.45) is 40.9 Å². The summed E-state index contributed by atoms with van der Waals surface area (Å²) >= 11 is 0. The molecule has 8 rings (SSSR count). The summed E-state index contributed by atoms with van der Waals surface area (Å²) in [6.45, 7) is -0.331. The van der Waals surface area contributed by atoms with E-state index < -0.39 is 228 Å². The lowest BCUT2D eigenvalue weighted by Crippen LogP contribution is -2.09. The fourth-order valence-corrected chi connectivity index (χ4v) is 12.5. The number of nitro groups is 1. The summed E-state index contributed by atoms with van der Waals surface area (Å²) in [6, 6.07) is 9.20. The van der Waals surface area contributed by atoms with Crippen LogP contribution in [0.4, 0.5) is 56.9 Å². The summed E-state index contributed by atoms with van der Waals surface area (Å²) in [5.74, 6) is -4.92. The van der Waals surface area contributed by atoms with E-state index in [4.69, 9.17) is 18.4 Å². The van der Waals surface area contributed by atoms with Crippen molar-refractivity contribution in [2.75, 3.05) is 5.73 Å². The van der Waals surface area contributed by atoms with Crippen molar-refractivity contribution in [1.82, 2.24) is 9.78 Å². The standard InChI is InChI=1S/C42H28N12O28S7.O3S/c43-35-27(15-30(85(67,68)69)21-5-8-25(39(57)34(21)35)47-45-24-7-2-18(54(59)60)12-32(24)87(73,74)75)49-48-26-9-4-20-22(40(26)89(79,80)81)14-33(88(76,77)78)36(38(20)56)50-44-17-1-6-23(31(11-17)86(70,71)72)46-51-37-41(82-16-55)52-53(42(37)58)28-13-19(83(61,62)63)3-10-29(28)84(64,65)66;1-4(2)3/h1-16,56-58H,43H2,(H,61,62,63)(H,64,65,66)(H,67,68,69)(H,70,71,72)(H,73,74,75)(H,76,77,78)(H,79,80,81);. The number of aromatic nitrogens is 2. The molecule has 51 heteroatoms. The molecule has 0 spiro atoms. The minimum Gasteiger partial charge on any atom is -0.505 e. The Labute approximate surface area is 517 Å². The lowest BCUT2D eigenvalue weighted by molar-refractivity contribution is -0.385. The highest BCUT2D eigenvalue weighted by Gasteiger charge is 2.31. The average molecular weight is 1450 g/mol. The summed E-state index contributed by atoms with van der Waals surface area (Å²) in [5, 5.41) is 74.3. The number of phenolic OH excluding ortho intramolecular Hbond substituents is 2. The molecule has 0 atom stereocenters. The maximum atomic E-state index is 13.1. The van der Waals surface area contributed by atoms with Crippen LogP contribution in [0.25, 0.3) is 27.2 Å². The highest BCUT2D eigenvalue weighted by Crippen LogP contribution is 2.49. The number of carbonyl (C=O) groups excluding carboxylic acids is 1. The number of non-ortho nitro benzene ring substituents is 1. The number of nitrogens with two attached hydrogens (primary N) is 1. The molecule has 0 aliphatic rings. The van der Waals surface area contributed by atoms with Crippen molar-refractivity contribution in [2.45, 2.75) is 34.3 Å². The van der Waals surface area contributed by atoms with Crippen molar-refractivity contribution < 1.29 is 133 Å². The summed E-state index contributed by atoms with van der Waals surface area (Å²) in [5.41, 5.74) is -3.52. The van der Waals surface area contributed by atoms with Gasteiger partial charge in [0.25, 0.3) is 88.9 Å². The van der Waals surface area contributed by atoms with Gasteiger partial charge in [0.2, 0.25) is 11.6 Å². The Balaban J connectivity index is 0.00000297. The number of aromatic hydroxyl groups is 3. The molecule has 43 nitrogen and oxygen atoms in total. The fourth-order valence-electron chi connectivity index (χ4n) is 7.86. The van der Waals surface area contributed by atoms with Crippen LogP contribution < -0.4 is 10.5 Å². The molecule has 0 saturated carbocycles. The van der Waals surface area contributed by atoms with E-state index in [0.29, 0.717) is 48.5 Å². The van der Waals surface area contributed by atoms with E-state index in [2.05, 4.69) is 50.7 Å². The minimum absolute atomic E-state index is 0.112. The second-order valence-electron chi connectivity index (χ2n) is 17.4. The lowest BCUT2D eigenvalue weighted by atomic mass is 10.1. The number of anilines is 1. The van der Waals surface area contributed by atoms with E-state index in [1.54, 1.807) is 0 Å². The SMILES string of the molecule is Nc1c(N=Nc2ccc3c(O)c(N=Nc4ccc(N=Nc5c(OC=O)nn(-c6cc(S(=O)(=O)O)ccc6S(=O)(=O)O)c5O)c(S(=O)(=O)O)c4)c(S(=O)(=O)O)cc3c2S(=O)(=O)O)cc(S(=O)(=O)O)c2ccc(N=Nc3ccc([N+](=O)[O-])cc3S(=O)(=O)O)c(O)c12.O=S(=O)=O. The molecule has 1 heterocycles. The summed E-state index contributed by atoms with van der Waals surface area (Å²) in [7, 11) is -41.1. The van der Waals surface area contributed by atoms with Crippen LogP contribution in [0.3, 0.4) is 0 Å². The maximum Gasteiger partial charge on any atom is 0.425 e. The van der Waals surface area contributed by atoms with Gasteiger partial charge in [0.05, 0.1) is 32.3 Å². The van der Waals surface area contributed by atoms with E-state index >= 15 is 0 Å². The van der Waals surface area contributed by atoms with Crippen LogP contribution >= 0.6 is 0 Å². The number of ether oxygens (including phenoxy) is 1. The monoisotopic (exact) mass is 1450 g/mol. The van der Waals surface area contributed by atoms with Crippen LogP contribution in [0.15, 0.2) is 166 Å². The molecular weight excluding hydrogens is 1430 g/mol. The zero-order chi connectivity index (χ0) is 69.6. The second kappa shape index (κ2) is 25.4. The van der Waals surface area contributed by atoms with Crippen LogP contribution in [0.2, 0.25) is 0 Å². The zero-order valence-corrected chi connectivity index (χ0v) is 50.6. The first kappa shape index (κ1) is 70.2. The Morgan fingerprint density at radius 2 is 0.989 bits per heavy atom. The molecule has 0 saturated heterocycles. The van der Waals surface area contributed by atoms with E-state index in [1.165, 1.54) is 0 Å². The van der Waals surface area contributed by atoms with Gasteiger partial charge in [-0.15, -0.1) is 53.5 Å². The Morgan fingerprint density at radius 1 is 0.495 bits per heavy atom. The number of fused-ring (bicyclic) bond motifs is 2. The number of phenols is 2. The first-order valence-electron chi connectivity index (χ1n) is 22.9. The number of rotatable bonds is 19. The van der Waals surface area contributed by atoms with Crippen molar-refractivity contribution in [3.63, 3.8) is 0 Å².